The van der Waals surface area contributed by atoms with Crippen molar-refractivity contribution in [1.29, 1.82) is 0 Å². The molecule has 18 heavy (non-hydrogen) atoms. The first-order valence-electron chi connectivity index (χ1n) is 7.53. The first-order chi connectivity index (χ1) is 8.65. The highest BCUT2D eigenvalue weighted by Crippen LogP contribution is 2.31. The quantitative estimate of drug-likeness (QED) is 0.772. The third-order valence-corrected chi connectivity index (χ3v) is 5.07. The lowest BCUT2D eigenvalue weighted by atomic mass is 9.96. The predicted octanol–water partition coefficient (Wildman–Crippen LogP) is 0.436. The van der Waals surface area contributed by atoms with Crippen LogP contribution in [-0.4, -0.2) is 79.1 Å². The van der Waals surface area contributed by atoms with Gasteiger partial charge in [0.2, 0.25) is 0 Å². The minimum absolute atomic E-state index is 0.261. The Kier molecular flexibility index (Phi) is 4.64. The summed E-state index contributed by atoms with van der Waals surface area (Å²) < 4.78 is 0. The molecule has 2 aliphatic rings. The lowest BCUT2D eigenvalue weighted by Crippen LogP contribution is -2.55. The molecule has 0 aliphatic carbocycles. The molecular weight excluding hydrogens is 224 g/mol. The van der Waals surface area contributed by atoms with Crippen LogP contribution in [-0.2, 0) is 0 Å². The Balaban J connectivity index is 1.99. The largest absolute Gasteiger partial charge is 0.329 e. The molecule has 2 heterocycles. The summed E-state index contributed by atoms with van der Waals surface area (Å²) in [4.78, 5) is 7.71. The van der Waals surface area contributed by atoms with Gasteiger partial charge in [0.25, 0.3) is 0 Å². The fourth-order valence-corrected chi connectivity index (χ4v) is 3.82. The normalized spacial score (nSPS) is 34.8. The van der Waals surface area contributed by atoms with Gasteiger partial charge in [-0.05, 0) is 39.5 Å². The van der Waals surface area contributed by atoms with Gasteiger partial charge in [0.15, 0.2) is 0 Å². The Bertz CT molecular complexity index is 267. The molecule has 4 nitrogen and oxygen atoms in total. The van der Waals surface area contributed by atoms with Crippen LogP contribution in [0, 0.1) is 0 Å². The van der Waals surface area contributed by atoms with E-state index in [0.29, 0.717) is 0 Å². The molecule has 2 rings (SSSR count). The van der Waals surface area contributed by atoms with E-state index in [9.17, 15) is 0 Å². The fourth-order valence-electron chi connectivity index (χ4n) is 3.82. The monoisotopic (exact) mass is 254 g/mol. The second-order valence-corrected chi connectivity index (χ2v) is 6.03. The van der Waals surface area contributed by atoms with Gasteiger partial charge in [0.05, 0.1) is 0 Å². The molecule has 2 aliphatic heterocycles. The highest BCUT2D eigenvalue weighted by Gasteiger charge is 2.44. The van der Waals surface area contributed by atoms with E-state index in [2.05, 4.69) is 35.6 Å². The minimum Gasteiger partial charge on any atom is -0.329 e. The average Bonchev–Trinajstić information content (AvgIpc) is 2.99. The minimum atomic E-state index is 0.261. The molecule has 0 saturated carbocycles. The van der Waals surface area contributed by atoms with Crippen LogP contribution in [0.3, 0.4) is 0 Å². The third kappa shape index (κ3) is 2.57. The molecule has 2 saturated heterocycles. The van der Waals surface area contributed by atoms with Crippen molar-refractivity contribution in [2.45, 2.75) is 38.3 Å². The van der Waals surface area contributed by atoms with Crippen LogP contribution in [0.2, 0.25) is 0 Å². The Labute approximate surface area is 112 Å². The Morgan fingerprint density at radius 1 is 1.28 bits per heavy atom. The third-order valence-electron chi connectivity index (χ3n) is 5.07. The molecule has 0 bridgehead atoms. The second kappa shape index (κ2) is 5.87. The van der Waals surface area contributed by atoms with Crippen LogP contribution in [0.1, 0.15) is 26.7 Å². The number of hydrogen-bond acceptors (Lipinski definition) is 4. The lowest BCUT2D eigenvalue weighted by molar-refractivity contribution is 0.115. The number of nitrogens with zero attached hydrogens (tertiary/aromatic N) is 3. The van der Waals surface area contributed by atoms with E-state index >= 15 is 0 Å². The summed E-state index contributed by atoms with van der Waals surface area (Å²) >= 11 is 0. The van der Waals surface area contributed by atoms with Gasteiger partial charge >= 0.3 is 0 Å². The van der Waals surface area contributed by atoms with Crippen LogP contribution >= 0.6 is 0 Å². The van der Waals surface area contributed by atoms with E-state index in [4.69, 9.17) is 5.73 Å². The molecule has 0 aromatic rings. The van der Waals surface area contributed by atoms with Crippen molar-refractivity contribution in [3.8, 4) is 0 Å². The summed E-state index contributed by atoms with van der Waals surface area (Å²) in [6.07, 6.45) is 2.55. The Morgan fingerprint density at radius 3 is 2.50 bits per heavy atom. The molecule has 4 heteroatoms. The molecule has 2 unspecified atom stereocenters. The molecule has 106 valence electrons. The first-order valence-corrected chi connectivity index (χ1v) is 7.53. The molecule has 2 atom stereocenters. The van der Waals surface area contributed by atoms with E-state index < -0.39 is 0 Å². The number of nitrogens with two attached hydrogens (primary N) is 1. The zero-order chi connectivity index (χ0) is 13.2. The van der Waals surface area contributed by atoms with Crippen LogP contribution in [0.25, 0.3) is 0 Å². The molecule has 0 radical (unpaired) electrons. The molecule has 0 aromatic heterocycles. The van der Waals surface area contributed by atoms with Gasteiger partial charge < -0.3 is 10.6 Å². The summed E-state index contributed by atoms with van der Waals surface area (Å²) in [5.41, 5.74) is 6.38. The van der Waals surface area contributed by atoms with Crippen LogP contribution < -0.4 is 5.73 Å². The van der Waals surface area contributed by atoms with E-state index in [1.54, 1.807) is 0 Å². The molecule has 0 aromatic carbocycles. The van der Waals surface area contributed by atoms with Crippen molar-refractivity contribution in [1.82, 2.24) is 14.7 Å². The summed E-state index contributed by atoms with van der Waals surface area (Å²) in [5, 5.41) is 0. The molecule has 0 amide bonds. The summed E-state index contributed by atoms with van der Waals surface area (Å²) in [5.74, 6) is 0. The number of rotatable bonds is 5. The predicted molar refractivity (Wildman–Crippen MR) is 76.8 cm³/mol. The summed E-state index contributed by atoms with van der Waals surface area (Å²) in [7, 11) is 2.22. The van der Waals surface area contributed by atoms with E-state index in [0.717, 1.165) is 19.1 Å². The van der Waals surface area contributed by atoms with Crippen LogP contribution in [0.4, 0.5) is 0 Å². The highest BCUT2D eigenvalue weighted by atomic mass is 15.3. The molecule has 2 N–H and O–H groups in total. The zero-order valence-electron chi connectivity index (χ0n) is 12.4. The van der Waals surface area contributed by atoms with Gasteiger partial charge in [-0.1, -0.05) is 13.8 Å². The maximum Gasteiger partial charge on any atom is 0.0471 e. The lowest BCUT2D eigenvalue weighted by Gasteiger charge is -2.38. The van der Waals surface area contributed by atoms with Crippen molar-refractivity contribution in [3.05, 3.63) is 0 Å². The zero-order valence-corrected chi connectivity index (χ0v) is 12.4. The van der Waals surface area contributed by atoms with Gasteiger partial charge in [-0.15, -0.1) is 0 Å². The maximum atomic E-state index is 6.12. The van der Waals surface area contributed by atoms with E-state index in [1.807, 2.05) is 0 Å². The summed E-state index contributed by atoms with van der Waals surface area (Å²) in [6, 6.07) is 0.745. The van der Waals surface area contributed by atoms with Crippen LogP contribution in [0.5, 0.6) is 0 Å². The van der Waals surface area contributed by atoms with Gasteiger partial charge in [0.1, 0.15) is 0 Å². The van der Waals surface area contributed by atoms with Gasteiger partial charge in [-0.3, -0.25) is 9.80 Å². The highest BCUT2D eigenvalue weighted by molar-refractivity contribution is 5.02. The standard InChI is InChI=1S/C14H30N4/c1-4-17(5-2)13-6-8-18(10-13)14(11-15)7-9-16(3)12-14/h13H,4-12,15H2,1-3H3. The number of hydrogen-bond donors (Lipinski definition) is 1. The number of likely N-dealkylation sites (N-methyl/N-ethyl adjacent to an activating group) is 2. The SMILES string of the molecule is CCN(CC)C1CCN(C2(CN)CCN(C)C2)C1. The Morgan fingerprint density at radius 2 is 2.00 bits per heavy atom. The van der Waals surface area contributed by atoms with Gasteiger partial charge in [-0.25, -0.2) is 0 Å². The van der Waals surface area contributed by atoms with Crippen molar-refractivity contribution in [2.24, 2.45) is 5.73 Å². The molecule has 0 spiro atoms. The second-order valence-electron chi connectivity index (χ2n) is 6.03. The molecular formula is C14H30N4. The Hall–Kier alpha value is -0.160. The van der Waals surface area contributed by atoms with E-state index in [-0.39, 0.29) is 5.54 Å². The van der Waals surface area contributed by atoms with Crippen molar-refractivity contribution in [3.63, 3.8) is 0 Å². The van der Waals surface area contributed by atoms with Crippen LogP contribution in [0.15, 0.2) is 0 Å². The topological polar surface area (TPSA) is 35.7 Å². The first kappa shape index (κ1) is 14.3. The summed E-state index contributed by atoms with van der Waals surface area (Å²) in [6.45, 7) is 12.5. The fraction of sp³-hybridized carbons (Fsp3) is 1.00. The van der Waals surface area contributed by atoms with Crippen molar-refractivity contribution < 1.29 is 0 Å². The van der Waals surface area contributed by atoms with Crippen molar-refractivity contribution >= 4 is 0 Å². The van der Waals surface area contributed by atoms with Crippen molar-refractivity contribution in [2.75, 3.05) is 52.9 Å². The van der Waals surface area contributed by atoms with E-state index in [1.165, 1.54) is 45.6 Å². The number of likely N-dealkylation sites (tertiary alicyclic amines) is 2. The van der Waals surface area contributed by atoms with Gasteiger partial charge in [-0.2, -0.15) is 0 Å². The van der Waals surface area contributed by atoms with Gasteiger partial charge in [0, 0.05) is 37.8 Å². The average molecular weight is 254 g/mol. The molecule has 2 fully saturated rings. The smallest absolute Gasteiger partial charge is 0.0471 e. The maximum absolute atomic E-state index is 6.12.